The molecule has 0 aromatic carbocycles. The molecule has 1 saturated carbocycles. The van der Waals surface area contributed by atoms with Gasteiger partial charge < -0.3 is 20.7 Å². The molecule has 5 nitrogen and oxygen atoms in total. The number of amides is 1. The molecule has 1 amide bonds. The first kappa shape index (κ1) is 15.7. The van der Waals surface area contributed by atoms with Crippen LogP contribution in [-0.2, 0) is 9.53 Å². The second-order valence-electron chi connectivity index (χ2n) is 6.17. The number of hydrogen-bond donors (Lipinski definition) is 2. The molecule has 20 heavy (non-hydrogen) atoms. The number of carbonyl (C=O) groups excluding carboxylic acids is 1. The van der Waals surface area contributed by atoms with E-state index < -0.39 is 6.04 Å². The van der Waals surface area contributed by atoms with Crippen LogP contribution < -0.4 is 11.1 Å². The number of methoxy groups -OCH3 is 1. The van der Waals surface area contributed by atoms with E-state index in [-0.39, 0.29) is 18.6 Å². The van der Waals surface area contributed by atoms with Crippen molar-refractivity contribution in [1.29, 1.82) is 0 Å². The standard InChI is InChI=1S/C15H29N3O2/c1-20-11-14(16)15(19)17-12-7-9-18(10-8-12)13-5-3-2-4-6-13/h12-14H,2-11,16H2,1H3,(H,17,19). The zero-order valence-corrected chi connectivity index (χ0v) is 12.6. The SMILES string of the molecule is COCC(N)C(=O)NC1CCN(C2CCCCC2)CC1. The summed E-state index contributed by atoms with van der Waals surface area (Å²) < 4.78 is 4.92. The van der Waals surface area contributed by atoms with Crippen LogP contribution in [0.3, 0.4) is 0 Å². The molecule has 0 aromatic heterocycles. The summed E-state index contributed by atoms with van der Waals surface area (Å²) in [5.41, 5.74) is 5.74. The zero-order valence-electron chi connectivity index (χ0n) is 12.6. The summed E-state index contributed by atoms with van der Waals surface area (Å²) in [6, 6.07) is 0.526. The number of piperidine rings is 1. The molecule has 0 aromatic rings. The van der Waals surface area contributed by atoms with Crippen molar-refractivity contribution in [2.45, 2.75) is 63.1 Å². The third-order valence-electron chi connectivity index (χ3n) is 4.65. The van der Waals surface area contributed by atoms with Gasteiger partial charge in [0.15, 0.2) is 0 Å². The molecule has 1 unspecified atom stereocenters. The van der Waals surface area contributed by atoms with Gasteiger partial charge in [-0.3, -0.25) is 4.79 Å². The van der Waals surface area contributed by atoms with Gasteiger partial charge in [-0.05, 0) is 25.7 Å². The summed E-state index contributed by atoms with van der Waals surface area (Å²) in [6.07, 6.45) is 8.97. The van der Waals surface area contributed by atoms with Crippen LogP contribution in [0.15, 0.2) is 0 Å². The molecule has 1 heterocycles. The number of likely N-dealkylation sites (tertiary alicyclic amines) is 1. The van der Waals surface area contributed by atoms with Gasteiger partial charge >= 0.3 is 0 Å². The Morgan fingerprint density at radius 2 is 1.90 bits per heavy atom. The molecule has 1 aliphatic heterocycles. The second kappa shape index (κ2) is 7.96. The Balaban J connectivity index is 1.69. The fraction of sp³-hybridized carbons (Fsp3) is 0.933. The van der Waals surface area contributed by atoms with E-state index in [0.717, 1.165) is 32.0 Å². The number of rotatable bonds is 5. The largest absolute Gasteiger partial charge is 0.383 e. The van der Waals surface area contributed by atoms with Crippen molar-refractivity contribution < 1.29 is 9.53 Å². The minimum atomic E-state index is -0.545. The Kier molecular flexibility index (Phi) is 6.26. The van der Waals surface area contributed by atoms with Crippen molar-refractivity contribution in [2.24, 2.45) is 5.73 Å². The third kappa shape index (κ3) is 4.43. The van der Waals surface area contributed by atoms with E-state index in [0.29, 0.717) is 0 Å². The van der Waals surface area contributed by atoms with Gasteiger partial charge in [-0.1, -0.05) is 19.3 Å². The minimum absolute atomic E-state index is 0.0806. The van der Waals surface area contributed by atoms with Crippen LogP contribution in [0.25, 0.3) is 0 Å². The summed E-state index contributed by atoms with van der Waals surface area (Å²) >= 11 is 0. The Bertz CT molecular complexity index is 297. The predicted octanol–water partition coefficient (Wildman–Crippen LogP) is 0.873. The molecular weight excluding hydrogens is 254 g/mol. The molecule has 1 atom stereocenters. The number of carbonyl (C=O) groups is 1. The van der Waals surface area contributed by atoms with E-state index in [1.807, 2.05) is 0 Å². The molecule has 2 rings (SSSR count). The Hall–Kier alpha value is -0.650. The van der Waals surface area contributed by atoms with Gasteiger partial charge in [0.1, 0.15) is 6.04 Å². The molecule has 2 fully saturated rings. The Morgan fingerprint density at radius 1 is 1.25 bits per heavy atom. The average molecular weight is 283 g/mol. The smallest absolute Gasteiger partial charge is 0.239 e. The molecule has 116 valence electrons. The fourth-order valence-corrected chi connectivity index (χ4v) is 3.42. The Morgan fingerprint density at radius 3 is 2.50 bits per heavy atom. The van der Waals surface area contributed by atoms with Crippen LogP contribution in [-0.4, -0.2) is 55.7 Å². The number of nitrogens with two attached hydrogens (primary N) is 1. The summed E-state index contributed by atoms with van der Waals surface area (Å²) in [6.45, 7) is 2.50. The van der Waals surface area contributed by atoms with Gasteiger partial charge in [0.2, 0.25) is 5.91 Å². The minimum Gasteiger partial charge on any atom is -0.383 e. The van der Waals surface area contributed by atoms with E-state index in [1.54, 1.807) is 7.11 Å². The molecule has 0 spiro atoms. The van der Waals surface area contributed by atoms with Gasteiger partial charge in [0, 0.05) is 32.3 Å². The average Bonchev–Trinajstić information content (AvgIpc) is 2.49. The molecular formula is C15H29N3O2. The topological polar surface area (TPSA) is 67.6 Å². The summed E-state index contributed by atoms with van der Waals surface area (Å²) in [5, 5.41) is 3.06. The first-order valence-corrected chi connectivity index (χ1v) is 7.99. The van der Waals surface area contributed by atoms with E-state index >= 15 is 0 Å². The second-order valence-corrected chi connectivity index (χ2v) is 6.17. The summed E-state index contributed by atoms with van der Waals surface area (Å²) in [7, 11) is 1.57. The van der Waals surface area contributed by atoms with Gasteiger partial charge in [-0.25, -0.2) is 0 Å². The van der Waals surface area contributed by atoms with Crippen molar-refractivity contribution in [1.82, 2.24) is 10.2 Å². The molecule has 1 saturated heterocycles. The lowest BCUT2D eigenvalue weighted by atomic mass is 9.92. The van der Waals surface area contributed by atoms with Gasteiger partial charge in [0.25, 0.3) is 0 Å². The summed E-state index contributed by atoms with van der Waals surface area (Å²) in [4.78, 5) is 14.5. The first-order chi connectivity index (χ1) is 9.70. The van der Waals surface area contributed by atoms with E-state index in [4.69, 9.17) is 10.5 Å². The van der Waals surface area contributed by atoms with Gasteiger partial charge in [-0.15, -0.1) is 0 Å². The highest BCUT2D eigenvalue weighted by molar-refractivity contribution is 5.81. The van der Waals surface area contributed by atoms with E-state index in [9.17, 15) is 4.79 Å². The third-order valence-corrected chi connectivity index (χ3v) is 4.65. The lowest BCUT2D eigenvalue weighted by molar-refractivity contribution is -0.124. The van der Waals surface area contributed by atoms with Crippen LogP contribution in [0.1, 0.15) is 44.9 Å². The maximum Gasteiger partial charge on any atom is 0.239 e. The maximum atomic E-state index is 11.9. The van der Waals surface area contributed by atoms with Crippen molar-refractivity contribution in [2.75, 3.05) is 26.8 Å². The maximum absolute atomic E-state index is 11.9. The molecule has 0 radical (unpaired) electrons. The number of nitrogens with zero attached hydrogens (tertiary/aromatic N) is 1. The summed E-state index contributed by atoms with van der Waals surface area (Å²) in [5.74, 6) is -0.0806. The normalized spacial score (nSPS) is 24.5. The van der Waals surface area contributed by atoms with Crippen molar-refractivity contribution in [3.63, 3.8) is 0 Å². The van der Waals surface area contributed by atoms with Gasteiger partial charge in [0.05, 0.1) is 6.61 Å². The molecule has 0 bridgehead atoms. The van der Waals surface area contributed by atoms with Crippen LogP contribution in [0.5, 0.6) is 0 Å². The fourth-order valence-electron chi connectivity index (χ4n) is 3.42. The molecule has 5 heteroatoms. The predicted molar refractivity (Wildman–Crippen MR) is 79.5 cm³/mol. The highest BCUT2D eigenvalue weighted by Crippen LogP contribution is 2.25. The van der Waals surface area contributed by atoms with Crippen LogP contribution >= 0.6 is 0 Å². The monoisotopic (exact) mass is 283 g/mol. The van der Waals surface area contributed by atoms with Crippen molar-refractivity contribution in [3.05, 3.63) is 0 Å². The first-order valence-electron chi connectivity index (χ1n) is 7.99. The Labute approximate surface area is 122 Å². The highest BCUT2D eigenvalue weighted by Gasteiger charge is 2.27. The molecule has 2 aliphatic rings. The highest BCUT2D eigenvalue weighted by atomic mass is 16.5. The quantitative estimate of drug-likeness (QED) is 0.786. The number of ether oxygens (including phenoxy) is 1. The van der Waals surface area contributed by atoms with Gasteiger partial charge in [-0.2, -0.15) is 0 Å². The van der Waals surface area contributed by atoms with E-state index in [2.05, 4.69) is 10.2 Å². The lowest BCUT2D eigenvalue weighted by Crippen LogP contribution is -2.52. The number of hydrogen-bond acceptors (Lipinski definition) is 4. The van der Waals surface area contributed by atoms with E-state index in [1.165, 1.54) is 32.1 Å². The number of nitrogens with one attached hydrogen (secondary N) is 1. The van der Waals surface area contributed by atoms with Crippen molar-refractivity contribution in [3.8, 4) is 0 Å². The molecule has 1 aliphatic carbocycles. The zero-order chi connectivity index (χ0) is 14.4. The van der Waals surface area contributed by atoms with Crippen molar-refractivity contribution >= 4 is 5.91 Å². The lowest BCUT2D eigenvalue weighted by Gasteiger charge is -2.39. The van der Waals surface area contributed by atoms with Crippen LogP contribution in [0.2, 0.25) is 0 Å². The molecule has 3 N–H and O–H groups in total. The van der Waals surface area contributed by atoms with Crippen LogP contribution in [0.4, 0.5) is 0 Å². The van der Waals surface area contributed by atoms with Crippen LogP contribution in [0, 0.1) is 0 Å².